The van der Waals surface area contributed by atoms with E-state index in [2.05, 4.69) is 4.72 Å². The highest BCUT2D eigenvalue weighted by Crippen LogP contribution is 2.23. The fourth-order valence-electron chi connectivity index (χ4n) is 1.49. The minimum absolute atomic E-state index is 0.0531. The Kier molecular flexibility index (Phi) is 4.18. The molecule has 0 unspecified atom stereocenters. The minimum atomic E-state index is -3.28. The molecule has 14 heavy (non-hydrogen) atoms. The number of nitrogens with one attached hydrogen (secondary N) is 1. The van der Waals surface area contributed by atoms with Crippen LogP contribution in [0.2, 0.25) is 0 Å². The van der Waals surface area contributed by atoms with Crippen LogP contribution >= 0.6 is 11.6 Å². The molecule has 6 heteroatoms. The fourth-order valence-corrected chi connectivity index (χ4v) is 2.61. The van der Waals surface area contributed by atoms with Crippen LogP contribution in [0, 0.1) is 0 Å². The quantitative estimate of drug-likeness (QED) is 0.747. The maximum absolute atomic E-state index is 11.5. The number of rotatable bonds is 3. The van der Waals surface area contributed by atoms with E-state index in [1.54, 1.807) is 0 Å². The van der Waals surface area contributed by atoms with Crippen molar-refractivity contribution in [2.75, 3.05) is 14.1 Å². The molecule has 0 heterocycles. The molecule has 0 aromatic rings. The third-order valence-electron chi connectivity index (χ3n) is 2.45. The van der Waals surface area contributed by atoms with Gasteiger partial charge in [0, 0.05) is 25.5 Å². The second-order valence-corrected chi connectivity index (χ2v) is 6.39. The van der Waals surface area contributed by atoms with Crippen molar-refractivity contribution >= 4 is 21.8 Å². The largest absolute Gasteiger partial charge is 0.279 e. The van der Waals surface area contributed by atoms with Gasteiger partial charge in [-0.3, -0.25) is 0 Å². The Labute approximate surface area is 90.8 Å². The molecule has 1 fully saturated rings. The van der Waals surface area contributed by atoms with Crippen LogP contribution in [0.15, 0.2) is 0 Å². The van der Waals surface area contributed by atoms with Crippen LogP contribution < -0.4 is 4.72 Å². The summed E-state index contributed by atoms with van der Waals surface area (Å²) in [6.07, 6.45) is 3.45. The average molecular weight is 241 g/mol. The second-order valence-electron chi connectivity index (χ2n) is 3.85. The summed E-state index contributed by atoms with van der Waals surface area (Å²) in [6, 6.07) is 0.0531. The maximum Gasteiger partial charge on any atom is 0.279 e. The van der Waals surface area contributed by atoms with E-state index in [4.69, 9.17) is 11.6 Å². The van der Waals surface area contributed by atoms with Crippen molar-refractivity contribution in [2.45, 2.75) is 37.1 Å². The molecule has 0 aromatic heterocycles. The molecule has 0 bridgehead atoms. The lowest BCUT2D eigenvalue weighted by atomic mass is 9.96. The number of hydrogen-bond donors (Lipinski definition) is 1. The number of hydrogen-bond acceptors (Lipinski definition) is 2. The van der Waals surface area contributed by atoms with Crippen LogP contribution in [0.1, 0.15) is 25.7 Å². The monoisotopic (exact) mass is 240 g/mol. The molecular formula is C8H17ClN2O2S. The zero-order valence-corrected chi connectivity index (χ0v) is 10.1. The molecule has 1 rings (SSSR count). The van der Waals surface area contributed by atoms with E-state index in [9.17, 15) is 8.42 Å². The van der Waals surface area contributed by atoms with Gasteiger partial charge in [-0.2, -0.15) is 17.4 Å². The van der Waals surface area contributed by atoms with Gasteiger partial charge in [0.15, 0.2) is 0 Å². The molecule has 0 spiro atoms. The van der Waals surface area contributed by atoms with Gasteiger partial charge in [-0.05, 0) is 25.7 Å². The van der Waals surface area contributed by atoms with Crippen LogP contribution in [0.3, 0.4) is 0 Å². The zero-order valence-electron chi connectivity index (χ0n) is 8.53. The first-order valence-corrected chi connectivity index (χ1v) is 6.63. The first-order chi connectivity index (χ1) is 6.42. The molecule has 0 saturated heterocycles. The highest BCUT2D eigenvalue weighted by atomic mass is 35.5. The summed E-state index contributed by atoms with van der Waals surface area (Å²) >= 11 is 5.93. The summed E-state index contributed by atoms with van der Waals surface area (Å²) in [6.45, 7) is 0. The molecule has 0 aromatic carbocycles. The first kappa shape index (κ1) is 12.2. The Balaban J connectivity index is 2.46. The lowest BCUT2D eigenvalue weighted by Gasteiger charge is -2.26. The number of halogens is 1. The third kappa shape index (κ3) is 3.38. The molecule has 4 nitrogen and oxygen atoms in total. The average Bonchev–Trinajstić information content (AvgIpc) is 2.08. The van der Waals surface area contributed by atoms with Gasteiger partial charge < -0.3 is 0 Å². The third-order valence-corrected chi connectivity index (χ3v) is 4.48. The molecule has 1 N–H and O–H groups in total. The smallest absolute Gasteiger partial charge is 0.199 e. The van der Waals surface area contributed by atoms with E-state index in [0.717, 1.165) is 25.7 Å². The molecule has 0 radical (unpaired) electrons. The van der Waals surface area contributed by atoms with Crippen molar-refractivity contribution in [3.63, 3.8) is 0 Å². The molecule has 0 atom stereocenters. The van der Waals surface area contributed by atoms with Crippen molar-refractivity contribution < 1.29 is 8.42 Å². The summed E-state index contributed by atoms with van der Waals surface area (Å²) in [4.78, 5) is 0. The SMILES string of the molecule is CN(C)S(=O)(=O)NC1CCC(Cl)CC1. The zero-order chi connectivity index (χ0) is 10.8. The minimum Gasteiger partial charge on any atom is -0.199 e. The van der Waals surface area contributed by atoms with Crippen molar-refractivity contribution in [2.24, 2.45) is 0 Å². The van der Waals surface area contributed by atoms with Crippen molar-refractivity contribution in [1.82, 2.24) is 9.03 Å². The second kappa shape index (κ2) is 4.79. The molecule has 1 aliphatic carbocycles. The van der Waals surface area contributed by atoms with Gasteiger partial charge in [0.25, 0.3) is 10.2 Å². The molecular weight excluding hydrogens is 224 g/mol. The van der Waals surface area contributed by atoms with Crippen LogP contribution in [0.25, 0.3) is 0 Å². The van der Waals surface area contributed by atoms with Crippen molar-refractivity contribution in [1.29, 1.82) is 0 Å². The molecule has 1 saturated carbocycles. The van der Waals surface area contributed by atoms with Gasteiger partial charge in [-0.25, -0.2) is 0 Å². The molecule has 0 amide bonds. The molecule has 0 aliphatic heterocycles. The normalized spacial score (nSPS) is 29.4. The van der Waals surface area contributed by atoms with Gasteiger partial charge in [-0.15, -0.1) is 11.6 Å². The van der Waals surface area contributed by atoms with Crippen LogP contribution in [-0.4, -0.2) is 38.2 Å². The van der Waals surface area contributed by atoms with Gasteiger partial charge in [-0.1, -0.05) is 0 Å². The van der Waals surface area contributed by atoms with E-state index in [-0.39, 0.29) is 11.4 Å². The lowest BCUT2D eigenvalue weighted by molar-refractivity contribution is 0.404. The number of alkyl halides is 1. The Morgan fingerprint density at radius 3 is 2.14 bits per heavy atom. The number of nitrogens with zero attached hydrogens (tertiary/aromatic N) is 1. The predicted octanol–water partition coefficient (Wildman–Crippen LogP) is 0.932. The Hall–Kier alpha value is 0.160. The van der Waals surface area contributed by atoms with E-state index in [0.29, 0.717) is 0 Å². The summed E-state index contributed by atoms with van der Waals surface area (Å²) in [5, 5.41) is 0.218. The van der Waals surface area contributed by atoms with Gasteiger partial charge in [0.1, 0.15) is 0 Å². The van der Waals surface area contributed by atoms with E-state index in [1.165, 1.54) is 18.4 Å². The Morgan fingerprint density at radius 1 is 1.21 bits per heavy atom. The fraction of sp³-hybridized carbons (Fsp3) is 1.00. The highest BCUT2D eigenvalue weighted by Gasteiger charge is 2.24. The summed E-state index contributed by atoms with van der Waals surface area (Å²) in [5.74, 6) is 0. The first-order valence-electron chi connectivity index (χ1n) is 4.75. The lowest BCUT2D eigenvalue weighted by Crippen LogP contribution is -2.43. The van der Waals surface area contributed by atoms with Gasteiger partial charge in [0.05, 0.1) is 0 Å². The van der Waals surface area contributed by atoms with Crippen molar-refractivity contribution in [3.8, 4) is 0 Å². The standard InChI is InChI=1S/C8H17ClN2O2S/c1-11(2)14(12,13)10-8-5-3-7(9)4-6-8/h7-8,10H,3-6H2,1-2H3. The maximum atomic E-state index is 11.5. The predicted molar refractivity (Wildman–Crippen MR) is 57.6 cm³/mol. The van der Waals surface area contributed by atoms with Crippen LogP contribution in [-0.2, 0) is 10.2 Å². The molecule has 1 aliphatic rings. The van der Waals surface area contributed by atoms with Crippen molar-refractivity contribution in [3.05, 3.63) is 0 Å². The van der Waals surface area contributed by atoms with Gasteiger partial charge in [0.2, 0.25) is 0 Å². The topological polar surface area (TPSA) is 49.4 Å². The van der Waals surface area contributed by atoms with Crippen LogP contribution in [0.5, 0.6) is 0 Å². The molecule has 84 valence electrons. The Morgan fingerprint density at radius 2 is 1.71 bits per heavy atom. The Bertz CT molecular complexity index is 271. The van der Waals surface area contributed by atoms with E-state index < -0.39 is 10.2 Å². The highest BCUT2D eigenvalue weighted by molar-refractivity contribution is 7.87. The summed E-state index contributed by atoms with van der Waals surface area (Å²) < 4.78 is 26.8. The van der Waals surface area contributed by atoms with Crippen LogP contribution in [0.4, 0.5) is 0 Å². The summed E-state index contributed by atoms with van der Waals surface area (Å²) in [7, 11) is -0.228. The van der Waals surface area contributed by atoms with E-state index >= 15 is 0 Å². The summed E-state index contributed by atoms with van der Waals surface area (Å²) in [5.41, 5.74) is 0. The van der Waals surface area contributed by atoms with Gasteiger partial charge >= 0.3 is 0 Å². The van der Waals surface area contributed by atoms with E-state index in [1.807, 2.05) is 0 Å².